The fourth-order valence-electron chi connectivity index (χ4n) is 1.27. The maximum Gasteiger partial charge on any atom is 0.407 e. The normalized spacial score (nSPS) is 12.8. The number of rotatable bonds is 5. The molecule has 1 amide bonds. The molecule has 0 saturated heterocycles. The minimum atomic E-state index is -2.39. The molecule has 20 heavy (non-hydrogen) atoms. The van der Waals surface area contributed by atoms with Crippen LogP contribution in [0.1, 0.15) is 20.8 Å². The summed E-state index contributed by atoms with van der Waals surface area (Å²) >= 11 is 2.18. The van der Waals surface area contributed by atoms with Crippen molar-refractivity contribution in [2.45, 2.75) is 26.4 Å². The van der Waals surface area contributed by atoms with Crippen molar-refractivity contribution < 1.29 is 18.3 Å². The van der Waals surface area contributed by atoms with Gasteiger partial charge in [-0.3, -0.25) is 8.51 Å². The van der Waals surface area contributed by atoms with Crippen LogP contribution < -0.4 is 9.62 Å². The van der Waals surface area contributed by atoms with Crippen molar-refractivity contribution in [2.75, 3.05) is 17.4 Å². The number of nitrogens with one attached hydrogen (secondary N) is 1. The molecule has 0 fully saturated rings. The maximum absolute atomic E-state index is 11.4. The third-order valence-corrected chi connectivity index (χ3v) is 4.47. The molecule has 0 aliphatic heterocycles. The van der Waals surface area contributed by atoms with E-state index >= 15 is 0 Å². The molecule has 0 spiro atoms. The first-order chi connectivity index (χ1) is 9.19. The van der Waals surface area contributed by atoms with Crippen molar-refractivity contribution in [3.8, 4) is 0 Å². The van der Waals surface area contributed by atoms with Gasteiger partial charge in [-0.1, -0.05) is 0 Å². The summed E-state index contributed by atoms with van der Waals surface area (Å²) in [6.45, 7) is 5.58. The van der Waals surface area contributed by atoms with Crippen molar-refractivity contribution in [3.63, 3.8) is 0 Å². The van der Waals surface area contributed by atoms with E-state index in [0.29, 0.717) is 5.00 Å². The molecule has 0 radical (unpaired) electrons. The van der Waals surface area contributed by atoms with Crippen LogP contribution in [0.2, 0.25) is 0 Å². The number of thiophene rings is 1. The third-order valence-electron chi connectivity index (χ3n) is 1.97. The Balaban J connectivity index is 2.49. The molecule has 0 aliphatic carbocycles. The first kappa shape index (κ1) is 17.4. The maximum atomic E-state index is 11.4. The molecule has 1 aromatic heterocycles. The third kappa shape index (κ3) is 6.21. The Hall–Kier alpha value is -0.640. The molecule has 1 heterocycles. The topological polar surface area (TPSA) is 81.7 Å². The van der Waals surface area contributed by atoms with Gasteiger partial charge in [0.05, 0.1) is 3.79 Å². The number of amides is 1. The summed E-state index contributed by atoms with van der Waals surface area (Å²) in [7, 11) is 0. The summed E-state index contributed by atoms with van der Waals surface area (Å²) in [6, 6.07) is 3.46. The van der Waals surface area contributed by atoms with Crippen molar-refractivity contribution in [3.05, 3.63) is 15.9 Å². The Morgan fingerprint density at radius 3 is 2.65 bits per heavy atom. The molecule has 1 aromatic rings. The van der Waals surface area contributed by atoms with Gasteiger partial charge in [-0.2, -0.15) is 0 Å². The van der Waals surface area contributed by atoms with E-state index in [1.807, 2.05) is 0 Å². The second kappa shape index (κ2) is 7.39. The predicted molar refractivity (Wildman–Crippen MR) is 82.5 cm³/mol. The van der Waals surface area contributed by atoms with Crippen molar-refractivity contribution in [1.29, 1.82) is 0 Å². The zero-order chi connectivity index (χ0) is 15.3. The van der Waals surface area contributed by atoms with E-state index in [2.05, 4.69) is 21.2 Å². The summed E-state index contributed by atoms with van der Waals surface area (Å²) < 4.78 is 29.4. The monoisotopic (exact) mass is 383 g/mol. The Morgan fingerprint density at radius 2 is 2.20 bits per heavy atom. The van der Waals surface area contributed by atoms with Gasteiger partial charge < -0.3 is 14.6 Å². The SMILES string of the molecule is CC(C)(C)OC(=O)NCCN(c1ccc(Br)s1)S(=O)[O-]. The van der Waals surface area contributed by atoms with Gasteiger partial charge in [0.15, 0.2) is 0 Å². The molecule has 0 aliphatic rings. The number of halogens is 1. The van der Waals surface area contributed by atoms with Crippen LogP contribution in [0.3, 0.4) is 0 Å². The number of hydrogen-bond donors (Lipinski definition) is 1. The molecule has 6 nitrogen and oxygen atoms in total. The number of alkyl carbamates (subject to hydrolysis) is 1. The van der Waals surface area contributed by atoms with E-state index in [1.165, 1.54) is 15.6 Å². The first-order valence-electron chi connectivity index (χ1n) is 5.78. The van der Waals surface area contributed by atoms with Gasteiger partial charge in [-0.15, -0.1) is 11.3 Å². The van der Waals surface area contributed by atoms with Gasteiger partial charge in [-0.25, -0.2) is 4.79 Å². The highest BCUT2D eigenvalue weighted by atomic mass is 79.9. The van der Waals surface area contributed by atoms with Crippen LogP contribution >= 0.6 is 27.3 Å². The van der Waals surface area contributed by atoms with Crippen LogP contribution in [0, 0.1) is 0 Å². The molecule has 1 rings (SSSR count). The van der Waals surface area contributed by atoms with Gasteiger partial charge in [0.1, 0.15) is 10.6 Å². The average Bonchev–Trinajstić information content (AvgIpc) is 2.68. The lowest BCUT2D eigenvalue weighted by Crippen LogP contribution is -2.38. The second-order valence-electron chi connectivity index (χ2n) is 4.83. The molecular formula is C11H16BrN2O4S2-. The molecule has 1 unspecified atom stereocenters. The van der Waals surface area contributed by atoms with E-state index in [1.54, 1.807) is 32.9 Å². The Kier molecular flexibility index (Phi) is 6.44. The summed E-state index contributed by atoms with van der Waals surface area (Å²) in [6.07, 6.45) is -0.568. The highest BCUT2D eigenvalue weighted by Crippen LogP contribution is 2.30. The van der Waals surface area contributed by atoms with E-state index in [9.17, 15) is 13.6 Å². The number of hydrogen-bond acceptors (Lipinski definition) is 5. The largest absolute Gasteiger partial charge is 0.755 e. The van der Waals surface area contributed by atoms with Gasteiger partial charge in [0.2, 0.25) is 0 Å². The standard InChI is InChI=1S/C11H17BrN2O4S2/c1-11(2,3)18-10(15)13-6-7-14(20(16)17)9-5-4-8(12)19-9/h4-5H,6-7H2,1-3H3,(H,13,15)(H,16,17)/p-1. The minimum absolute atomic E-state index is 0.141. The van der Waals surface area contributed by atoms with Crippen LogP contribution in [0.15, 0.2) is 15.9 Å². The average molecular weight is 384 g/mol. The number of ether oxygens (including phenoxy) is 1. The number of nitrogens with zero attached hydrogens (tertiary/aromatic N) is 1. The van der Waals surface area contributed by atoms with Crippen LogP contribution in [0.25, 0.3) is 0 Å². The lowest BCUT2D eigenvalue weighted by molar-refractivity contribution is 0.0529. The highest BCUT2D eigenvalue weighted by molar-refractivity contribution is 9.11. The fraction of sp³-hybridized carbons (Fsp3) is 0.545. The van der Waals surface area contributed by atoms with E-state index < -0.39 is 23.0 Å². The van der Waals surface area contributed by atoms with Gasteiger partial charge in [0.25, 0.3) is 0 Å². The Morgan fingerprint density at radius 1 is 1.55 bits per heavy atom. The smallest absolute Gasteiger partial charge is 0.407 e. The summed E-state index contributed by atoms with van der Waals surface area (Å²) in [4.78, 5) is 11.4. The summed E-state index contributed by atoms with van der Waals surface area (Å²) in [5, 5.41) is 3.10. The van der Waals surface area contributed by atoms with E-state index in [0.717, 1.165) is 3.79 Å². The number of anilines is 1. The first-order valence-corrected chi connectivity index (χ1v) is 8.42. The van der Waals surface area contributed by atoms with Crippen LogP contribution in [-0.4, -0.2) is 33.5 Å². The molecule has 9 heteroatoms. The van der Waals surface area contributed by atoms with Crippen LogP contribution in [0.4, 0.5) is 9.80 Å². The lowest BCUT2D eigenvalue weighted by atomic mass is 10.2. The summed E-state index contributed by atoms with van der Waals surface area (Å²) in [5.74, 6) is 0. The van der Waals surface area contributed by atoms with Crippen molar-refractivity contribution in [1.82, 2.24) is 5.32 Å². The minimum Gasteiger partial charge on any atom is -0.755 e. The molecule has 114 valence electrons. The number of carbonyl (C=O) groups excluding carboxylic acids is 1. The van der Waals surface area contributed by atoms with Crippen LogP contribution in [-0.2, 0) is 16.0 Å². The summed E-state index contributed by atoms with van der Waals surface area (Å²) in [5.41, 5.74) is -0.580. The van der Waals surface area contributed by atoms with Crippen molar-refractivity contribution in [2.24, 2.45) is 0 Å². The quantitative estimate of drug-likeness (QED) is 0.792. The molecule has 1 N–H and O–H groups in total. The van der Waals surface area contributed by atoms with Gasteiger partial charge >= 0.3 is 6.09 Å². The Bertz CT molecular complexity index is 487. The van der Waals surface area contributed by atoms with Crippen LogP contribution in [0.5, 0.6) is 0 Å². The molecule has 0 bridgehead atoms. The molecule has 0 saturated carbocycles. The second-order valence-corrected chi connectivity index (χ2v) is 8.14. The molecule has 1 atom stereocenters. The Labute approximate surface area is 133 Å². The van der Waals surface area contributed by atoms with E-state index in [4.69, 9.17) is 4.74 Å². The van der Waals surface area contributed by atoms with Crippen molar-refractivity contribution >= 4 is 49.6 Å². The van der Waals surface area contributed by atoms with E-state index in [-0.39, 0.29) is 13.1 Å². The molecule has 0 aromatic carbocycles. The fourth-order valence-corrected chi connectivity index (χ4v) is 3.31. The number of carbonyl (C=O) groups is 1. The molecular weight excluding hydrogens is 368 g/mol. The zero-order valence-electron chi connectivity index (χ0n) is 11.3. The highest BCUT2D eigenvalue weighted by Gasteiger charge is 2.16. The van der Waals surface area contributed by atoms with Gasteiger partial charge in [0, 0.05) is 24.4 Å². The lowest BCUT2D eigenvalue weighted by Gasteiger charge is -2.25. The van der Waals surface area contributed by atoms with Gasteiger partial charge in [-0.05, 0) is 48.8 Å². The predicted octanol–water partition coefficient (Wildman–Crippen LogP) is 2.64. The zero-order valence-corrected chi connectivity index (χ0v) is 14.6.